The lowest BCUT2D eigenvalue weighted by Crippen LogP contribution is -2.10. The van der Waals surface area contributed by atoms with Crippen LogP contribution in [0.25, 0.3) is 0 Å². The third-order valence-electron chi connectivity index (χ3n) is 2.20. The minimum absolute atomic E-state index is 0.185. The Bertz CT molecular complexity index is 310. The molecule has 0 bridgehead atoms. The van der Waals surface area contributed by atoms with Crippen LogP contribution in [0.3, 0.4) is 0 Å². The maximum absolute atomic E-state index is 5.73. The van der Waals surface area contributed by atoms with Crippen LogP contribution in [0.15, 0.2) is 18.2 Å². The molecule has 0 saturated carbocycles. The number of aryl methyl sites for hydroxylation is 1. The predicted molar refractivity (Wildman–Crippen MR) is 60.8 cm³/mol. The number of hydrogen-bond donors (Lipinski definition) is 1. The molecule has 0 unspecified atom stereocenters. The van der Waals surface area contributed by atoms with E-state index in [0.29, 0.717) is 6.61 Å². The van der Waals surface area contributed by atoms with Gasteiger partial charge in [-0.25, -0.2) is 5.90 Å². The molecule has 0 aliphatic heterocycles. The molecule has 0 fully saturated rings. The van der Waals surface area contributed by atoms with Crippen molar-refractivity contribution in [2.24, 2.45) is 5.90 Å². The lowest BCUT2D eigenvalue weighted by Gasteiger charge is -2.15. The molecule has 1 rings (SSSR count). The van der Waals surface area contributed by atoms with Crippen LogP contribution in [-0.2, 0) is 11.3 Å². The lowest BCUT2D eigenvalue weighted by atomic mass is 10.0. The van der Waals surface area contributed by atoms with Crippen molar-refractivity contribution in [3.63, 3.8) is 0 Å². The third-order valence-corrected chi connectivity index (χ3v) is 2.20. The SMILES string of the molecule is Cc1cccc(OC(C)C)c1CCON. The van der Waals surface area contributed by atoms with Crippen molar-refractivity contribution in [1.29, 1.82) is 0 Å². The summed E-state index contributed by atoms with van der Waals surface area (Å²) < 4.78 is 5.73. The van der Waals surface area contributed by atoms with Gasteiger partial charge in [0, 0.05) is 6.42 Å². The molecule has 3 heteroatoms. The zero-order valence-electron chi connectivity index (χ0n) is 9.62. The van der Waals surface area contributed by atoms with Crippen molar-refractivity contribution < 1.29 is 9.57 Å². The smallest absolute Gasteiger partial charge is 0.123 e. The van der Waals surface area contributed by atoms with Gasteiger partial charge in [-0.15, -0.1) is 0 Å². The molecule has 15 heavy (non-hydrogen) atoms. The fourth-order valence-electron chi connectivity index (χ4n) is 1.52. The average Bonchev–Trinajstić information content (AvgIpc) is 2.16. The fraction of sp³-hybridized carbons (Fsp3) is 0.500. The maximum atomic E-state index is 5.73. The Hall–Kier alpha value is -1.06. The first kappa shape index (κ1) is 12.0. The van der Waals surface area contributed by atoms with E-state index in [9.17, 15) is 0 Å². The Balaban J connectivity index is 2.87. The average molecular weight is 209 g/mol. The van der Waals surface area contributed by atoms with E-state index in [1.807, 2.05) is 26.0 Å². The highest BCUT2D eigenvalue weighted by atomic mass is 16.6. The quantitative estimate of drug-likeness (QED) is 0.756. The van der Waals surface area contributed by atoms with Crippen LogP contribution < -0.4 is 10.6 Å². The van der Waals surface area contributed by atoms with E-state index in [0.717, 1.165) is 12.2 Å². The second-order valence-corrected chi connectivity index (χ2v) is 3.84. The standard InChI is InChI=1S/C12H19NO2/c1-9(2)15-12-6-4-5-10(3)11(12)7-8-14-13/h4-6,9H,7-8,13H2,1-3H3. The van der Waals surface area contributed by atoms with Gasteiger partial charge >= 0.3 is 0 Å². The first-order chi connectivity index (χ1) is 7.15. The molecule has 1 aromatic carbocycles. The van der Waals surface area contributed by atoms with E-state index in [2.05, 4.69) is 17.8 Å². The number of benzene rings is 1. The molecule has 1 aromatic rings. The minimum atomic E-state index is 0.185. The van der Waals surface area contributed by atoms with Crippen molar-refractivity contribution in [2.75, 3.05) is 6.61 Å². The fourth-order valence-corrected chi connectivity index (χ4v) is 1.52. The van der Waals surface area contributed by atoms with E-state index in [-0.39, 0.29) is 6.10 Å². The van der Waals surface area contributed by atoms with Crippen LogP contribution in [0.4, 0.5) is 0 Å². The molecule has 84 valence electrons. The van der Waals surface area contributed by atoms with Gasteiger partial charge in [0.05, 0.1) is 12.7 Å². The Kier molecular flexibility index (Phi) is 4.59. The summed E-state index contributed by atoms with van der Waals surface area (Å²) in [5, 5.41) is 0. The monoisotopic (exact) mass is 209 g/mol. The van der Waals surface area contributed by atoms with Crippen LogP contribution in [-0.4, -0.2) is 12.7 Å². The van der Waals surface area contributed by atoms with Crippen LogP contribution in [0, 0.1) is 6.92 Å². The summed E-state index contributed by atoms with van der Waals surface area (Å²) in [6.45, 7) is 6.62. The van der Waals surface area contributed by atoms with Crippen molar-refractivity contribution in [2.45, 2.75) is 33.3 Å². The molecule has 0 aromatic heterocycles. The van der Waals surface area contributed by atoms with Crippen LogP contribution in [0.5, 0.6) is 5.75 Å². The summed E-state index contributed by atoms with van der Waals surface area (Å²) in [7, 11) is 0. The summed E-state index contributed by atoms with van der Waals surface area (Å²) in [5.74, 6) is 5.97. The zero-order chi connectivity index (χ0) is 11.3. The first-order valence-electron chi connectivity index (χ1n) is 5.22. The lowest BCUT2D eigenvalue weighted by molar-refractivity contribution is 0.140. The summed E-state index contributed by atoms with van der Waals surface area (Å²) in [6, 6.07) is 6.05. The topological polar surface area (TPSA) is 44.5 Å². The Morgan fingerprint density at radius 2 is 2.07 bits per heavy atom. The van der Waals surface area contributed by atoms with Crippen molar-refractivity contribution >= 4 is 0 Å². The molecular weight excluding hydrogens is 190 g/mol. The molecule has 0 radical (unpaired) electrons. The number of ether oxygens (including phenoxy) is 1. The molecule has 0 aliphatic rings. The van der Waals surface area contributed by atoms with E-state index in [4.69, 9.17) is 10.6 Å². The maximum Gasteiger partial charge on any atom is 0.123 e. The van der Waals surface area contributed by atoms with E-state index in [1.54, 1.807) is 0 Å². The summed E-state index contributed by atoms with van der Waals surface area (Å²) in [4.78, 5) is 4.61. The molecule has 0 amide bonds. The van der Waals surface area contributed by atoms with Crippen LogP contribution in [0.1, 0.15) is 25.0 Å². The number of nitrogens with two attached hydrogens (primary N) is 1. The van der Waals surface area contributed by atoms with Crippen molar-refractivity contribution in [1.82, 2.24) is 0 Å². The zero-order valence-corrected chi connectivity index (χ0v) is 9.62. The third kappa shape index (κ3) is 3.53. The second-order valence-electron chi connectivity index (χ2n) is 3.84. The molecule has 0 aliphatic carbocycles. The molecule has 0 atom stereocenters. The van der Waals surface area contributed by atoms with Gasteiger partial charge < -0.3 is 9.57 Å². The Morgan fingerprint density at radius 1 is 1.33 bits per heavy atom. The molecule has 3 nitrogen and oxygen atoms in total. The summed E-state index contributed by atoms with van der Waals surface area (Å²) in [5.41, 5.74) is 2.39. The second kappa shape index (κ2) is 5.73. The first-order valence-corrected chi connectivity index (χ1v) is 5.22. The molecular formula is C12H19NO2. The largest absolute Gasteiger partial charge is 0.491 e. The van der Waals surface area contributed by atoms with Gasteiger partial charge in [-0.2, -0.15) is 0 Å². The highest BCUT2D eigenvalue weighted by Crippen LogP contribution is 2.23. The van der Waals surface area contributed by atoms with Crippen LogP contribution >= 0.6 is 0 Å². The van der Waals surface area contributed by atoms with Gasteiger partial charge in [-0.05, 0) is 38.0 Å². The Labute approximate surface area is 91.1 Å². The Morgan fingerprint density at radius 3 is 2.67 bits per heavy atom. The van der Waals surface area contributed by atoms with Gasteiger partial charge in [0.15, 0.2) is 0 Å². The van der Waals surface area contributed by atoms with E-state index < -0.39 is 0 Å². The van der Waals surface area contributed by atoms with Gasteiger partial charge in [-0.3, -0.25) is 0 Å². The predicted octanol–water partition coefficient (Wildman–Crippen LogP) is 2.22. The summed E-state index contributed by atoms with van der Waals surface area (Å²) >= 11 is 0. The number of hydrogen-bond acceptors (Lipinski definition) is 3. The summed E-state index contributed by atoms with van der Waals surface area (Å²) in [6.07, 6.45) is 0.968. The minimum Gasteiger partial charge on any atom is -0.491 e. The van der Waals surface area contributed by atoms with Gasteiger partial charge in [0.25, 0.3) is 0 Å². The van der Waals surface area contributed by atoms with Gasteiger partial charge in [0.1, 0.15) is 5.75 Å². The normalized spacial score (nSPS) is 10.7. The van der Waals surface area contributed by atoms with Crippen molar-refractivity contribution in [3.8, 4) is 5.75 Å². The van der Waals surface area contributed by atoms with Gasteiger partial charge in [-0.1, -0.05) is 12.1 Å². The highest BCUT2D eigenvalue weighted by Gasteiger charge is 2.07. The van der Waals surface area contributed by atoms with Crippen LogP contribution in [0.2, 0.25) is 0 Å². The number of rotatable bonds is 5. The van der Waals surface area contributed by atoms with Gasteiger partial charge in [0.2, 0.25) is 0 Å². The molecule has 0 spiro atoms. The molecule has 0 saturated heterocycles. The van der Waals surface area contributed by atoms with Crippen molar-refractivity contribution in [3.05, 3.63) is 29.3 Å². The highest BCUT2D eigenvalue weighted by molar-refractivity contribution is 5.39. The molecule has 0 heterocycles. The van der Waals surface area contributed by atoms with E-state index in [1.165, 1.54) is 11.1 Å². The van der Waals surface area contributed by atoms with E-state index >= 15 is 0 Å². The molecule has 2 N–H and O–H groups in total.